The van der Waals surface area contributed by atoms with Crippen LogP contribution in [0, 0.1) is 0 Å². The predicted molar refractivity (Wildman–Crippen MR) is 90.0 cm³/mol. The summed E-state index contributed by atoms with van der Waals surface area (Å²) in [6.45, 7) is 1.52. The third kappa shape index (κ3) is 3.82. The van der Waals surface area contributed by atoms with Gasteiger partial charge in [-0.05, 0) is 37.1 Å². The maximum Gasteiger partial charge on any atom is 0.453 e. The number of halogens is 3. The maximum absolute atomic E-state index is 12.9. The second kappa shape index (κ2) is 7.06. The summed E-state index contributed by atoms with van der Waals surface area (Å²) in [6.07, 6.45) is 0.918. The van der Waals surface area contributed by atoms with Crippen LogP contribution in [0.3, 0.4) is 0 Å². The molecule has 8 nitrogen and oxygen atoms in total. The molecule has 2 bridgehead atoms. The Morgan fingerprint density at radius 3 is 2.19 bits per heavy atom. The highest BCUT2D eigenvalue weighted by atomic mass is 19.4. The summed E-state index contributed by atoms with van der Waals surface area (Å²) in [5.41, 5.74) is 0.101. The van der Waals surface area contributed by atoms with E-state index in [1.165, 1.54) is 6.07 Å². The van der Waals surface area contributed by atoms with Crippen LogP contribution in [-0.4, -0.2) is 55.2 Å². The SMILES string of the molecule is FC(F)(F)c1nnc2ccc(N3CC4CCC(C3)N4)nn12.c1ccnnc1. The molecule has 2 aliphatic rings. The molecule has 0 saturated carbocycles. The summed E-state index contributed by atoms with van der Waals surface area (Å²) in [4.78, 5) is 2.03. The third-order valence-corrected chi connectivity index (χ3v) is 4.53. The molecule has 2 atom stereocenters. The number of hydrogen-bond acceptors (Lipinski definition) is 7. The lowest BCUT2D eigenvalue weighted by atomic mass is 10.2. The largest absolute Gasteiger partial charge is 0.453 e. The first-order valence-corrected chi connectivity index (χ1v) is 8.53. The molecule has 142 valence electrons. The smallest absolute Gasteiger partial charge is 0.352 e. The van der Waals surface area contributed by atoms with Crippen LogP contribution in [0.2, 0.25) is 0 Å². The first-order valence-electron chi connectivity index (χ1n) is 8.53. The molecule has 0 aromatic carbocycles. The fourth-order valence-electron chi connectivity index (χ4n) is 3.36. The lowest BCUT2D eigenvalue weighted by Gasteiger charge is -2.33. The number of aromatic nitrogens is 6. The first-order chi connectivity index (χ1) is 13.0. The Labute approximate surface area is 152 Å². The molecule has 1 N–H and O–H groups in total. The highest BCUT2D eigenvalue weighted by Crippen LogP contribution is 2.29. The third-order valence-electron chi connectivity index (χ3n) is 4.53. The van der Waals surface area contributed by atoms with Crippen molar-refractivity contribution in [2.75, 3.05) is 18.0 Å². The Bertz CT molecular complexity index is 859. The van der Waals surface area contributed by atoms with Gasteiger partial charge in [-0.2, -0.15) is 27.9 Å². The average molecular weight is 378 g/mol. The van der Waals surface area contributed by atoms with Crippen molar-refractivity contribution in [3.63, 3.8) is 0 Å². The van der Waals surface area contributed by atoms with Gasteiger partial charge in [0.2, 0.25) is 0 Å². The Morgan fingerprint density at radius 1 is 0.963 bits per heavy atom. The Morgan fingerprint density at radius 2 is 1.63 bits per heavy atom. The van der Waals surface area contributed by atoms with Crippen LogP contribution in [0.15, 0.2) is 36.7 Å². The van der Waals surface area contributed by atoms with Crippen molar-refractivity contribution in [1.82, 2.24) is 35.3 Å². The minimum atomic E-state index is -4.56. The standard InChI is InChI=1S/C12H13F3N6.C4H4N2/c13-12(14,15)11-18-17-9-3-4-10(19-21(9)11)20-5-7-1-2-8(6-20)16-7;1-2-4-6-5-3-1/h3-4,7-8,16H,1-2,5-6H2;1-4H. The second-order valence-corrected chi connectivity index (χ2v) is 6.44. The van der Waals surface area contributed by atoms with Crippen molar-refractivity contribution >= 4 is 11.5 Å². The molecule has 0 radical (unpaired) electrons. The molecule has 2 aliphatic heterocycles. The fraction of sp³-hybridized carbons (Fsp3) is 0.438. The lowest BCUT2D eigenvalue weighted by Crippen LogP contribution is -2.51. The summed E-state index contributed by atoms with van der Waals surface area (Å²) in [7, 11) is 0. The summed E-state index contributed by atoms with van der Waals surface area (Å²) >= 11 is 0. The van der Waals surface area contributed by atoms with Crippen LogP contribution < -0.4 is 10.2 Å². The van der Waals surface area contributed by atoms with E-state index < -0.39 is 12.0 Å². The summed E-state index contributed by atoms with van der Waals surface area (Å²) < 4.78 is 39.4. The summed E-state index contributed by atoms with van der Waals surface area (Å²) in [5, 5.41) is 21.3. The quantitative estimate of drug-likeness (QED) is 0.688. The van der Waals surface area contributed by atoms with Gasteiger partial charge in [-0.25, -0.2) is 0 Å². The molecule has 0 aliphatic carbocycles. The van der Waals surface area contributed by atoms with Gasteiger partial charge in [-0.1, -0.05) is 0 Å². The van der Waals surface area contributed by atoms with Crippen LogP contribution >= 0.6 is 0 Å². The summed E-state index contributed by atoms with van der Waals surface area (Å²) in [6, 6.07) is 7.66. The number of anilines is 1. The van der Waals surface area contributed by atoms with Crippen LogP contribution in [0.4, 0.5) is 19.0 Å². The molecule has 3 aromatic rings. The minimum absolute atomic E-state index is 0.101. The lowest BCUT2D eigenvalue weighted by molar-refractivity contribution is -0.146. The number of rotatable bonds is 1. The maximum atomic E-state index is 12.9. The number of nitrogens with one attached hydrogen (secondary N) is 1. The second-order valence-electron chi connectivity index (χ2n) is 6.44. The van der Waals surface area contributed by atoms with Crippen molar-refractivity contribution in [3.05, 3.63) is 42.5 Å². The Balaban J connectivity index is 0.000000257. The van der Waals surface area contributed by atoms with Crippen molar-refractivity contribution < 1.29 is 13.2 Å². The highest BCUT2D eigenvalue weighted by Gasteiger charge is 2.38. The zero-order chi connectivity index (χ0) is 18.9. The van der Waals surface area contributed by atoms with Gasteiger partial charge in [-0.3, -0.25) is 0 Å². The molecule has 2 saturated heterocycles. The van der Waals surface area contributed by atoms with E-state index in [1.54, 1.807) is 18.5 Å². The van der Waals surface area contributed by atoms with E-state index in [4.69, 9.17) is 0 Å². The Hall–Kier alpha value is -2.82. The predicted octanol–water partition coefficient (Wildman–Crippen LogP) is 1.56. The van der Waals surface area contributed by atoms with Gasteiger partial charge in [0.25, 0.3) is 5.82 Å². The highest BCUT2D eigenvalue weighted by molar-refractivity contribution is 5.47. The number of nitrogens with zero attached hydrogens (tertiary/aromatic N) is 7. The number of piperazine rings is 1. The Kier molecular flexibility index (Phi) is 4.60. The fourth-order valence-corrected chi connectivity index (χ4v) is 3.36. The monoisotopic (exact) mass is 378 g/mol. The number of fused-ring (bicyclic) bond motifs is 3. The van der Waals surface area contributed by atoms with Crippen LogP contribution in [-0.2, 0) is 6.18 Å². The van der Waals surface area contributed by atoms with Crippen molar-refractivity contribution in [3.8, 4) is 0 Å². The molecule has 2 unspecified atom stereocenters. The molecule has 11 heteroatoms. The van der Waals surface area contributed by atoms with Crippen molar-refractivity contribution in [1.29, 1.82) is 0 Å². The van der Waals surface area contributed by atoms with Gasteiger partial charge in [0, 0.05) is 37.6 Å². The van der Waals surface area contributed by atoms with Gasteiger partial charge < -0.3 is 10.2 Å². The zero-order valence-corrected chi connectivity index (χ0v) is 14.2. The molecule has 2 fully saturated rings. The van der Waals surface area contributed by atoms with E-state index in [0.717, 1.165) is 30.4 Å². The van der Waals surface area contributed by atoms with E-state index in [2.05, 4.69) is 30.8 Å². The molecular formula is C16H17F3N8. The van der Waals surface area contributed by atoms with Gasteiger partial charge in [0.1, 0.15) is 5.82 Å². The van der Waals surface area contributed by atoms with E-state index in [1.807, 2.05) is 17.0 Å². The normalized spacial score (nSPS) is 21.8. The molecule has 0 amide bonds. The van der Waals surface area contributed by atoms with E-state index in [0.29, 0.717) is 17.9 Å². The van der Waals surface area contributed by atoms with Gasteiger partial charge in [-0.15, -0.1) is 15.3 Å². The van der Waals surface area contributed by atoms with Gasteiger partial charge >= 0.3 is 6.18 Å². The van der Waals surface area contributed by atoms with Crippen LogP contribution in [0.25, 0.3) is 5.65 Å². The van der Waals surface area contributed by atoms with Gasteiger partial charge in [0.15, 0.2) is 5.65 Å². The van der Waals surface area contributed by atoms with Crippen LogP contribution in [0.5, 0.6) is 0 Å². The first kappa shape index (κ1) is 17.6. The molecular weight excluding hydrogens is 361 g/mol. The topological polar surface area (TPSA) is 84.1 Å². The number of hydrogen-bond donors (Lipinski definition) is 1. The van der Waals surface area contributed by atoms with Crippen LogP contribution in [0.1, 0.15) is 18.7 Å². The molecule has 27 heavy (non-hydrogen) atoms. The van der Waals surface area contributed by atoms with Crippen molar-refractivity contribution in [2.45, 2.75) is 31.1 Å². The average Bonchev–Trinajstić information content (AvgIpc) is 3.25. The molecule has 5 rings (SSSR count). The van der Waals surface area contributed by atoms with Crippen molar-refractivity contribution in [2.24, 2.45) is 0 Å². The molecule has 5 heterocycles. The van der Waals surface area contributed by atoms with E-state index >= 15 is 0 Å². The molecule has 3 aromatic heterocycles. The number of alkyl halides is 3. The van der Waals surface area contributed by atoms with E-state index in [-0.39, 0.29) is 5.65 Å². The summed E-state index contributed by atoms with van der Waals surface area (Å²) in [5.74, 6) is -0.552. The van der Waals surface area contributed by atoms with E-state index in [9.17, 15) is 13.2 Å². The molecule has 0 spiro atoms. The zero-order valence-electron chi connectivity index (χ0n) is 14.2. The van der Waals surface area contributed by atoms with Gasteiger partial charge in [0.05, 0.1) is 0 Å². The minimum Gasteiger partial charge on any atom is -0.352 e.